The predicted octanol–water partition coefficient (Wildman–Crippen LogP) is 2.22. The quantitative estimate of drug-likeness (QED) is 0.740. The van der Waals surface area contributed by atoms with Crippen molar-refractivity contribution in [3.63, 3.8) is 0 Å². The minimum absolute atomic E-state index is 0.0473. The molecule has 27 heavy (non-hydrogen) atoms. The van der Waals surface area contributed by atoms with Crippen molar-refractivity contribution in [3.8, 4) is 0 Å². The number of hydrogen-bond donors (Lipinski definition) is 2. The summed E-state index contributed by atoms with van der Waals surface area (Å²) < 4.78 is 25.3. The predicted molar refractivity (Wildman–Crippen MR) is 106 cm³/mol. The van der Waals surface area contributed by atoms with Crippen LogP contribution in [0.5, 0.6) is 0 Å². The van der Waals surface area contributed by atoms with Gasteiger partial charge in [-0.2, -0.15) is 0 Å². The summed E-state index contributed by atoms with van der Waals surface area (Å²) in [5.74, 6) is -0.585. The van der Waals surface area contributed by atoms with Gasteiger partial charge in [0.15, 0.2) is 0 Å². The number of sulfonamides is 1. The Hall–Kier alpha value is -1.93. The van der Waals surface area contributed by atoms with Gasteiger partial charge in [0.1, 0.15) is 0 Å². The monoisotopic (exact) mass is 395 g/mol. The first-order valence-corrected chi connectivity index (χ1v) is 11.1. The van der Waals surface area contributed by atoms with Gasteiger partial charge in [-0.15, -0.1) is 0 Å². The van der Waals surface area contributed by atoms with Crippen LogP contribution in [-0.2, 0) is 14.8 Å². The summed E-state index contributed by atoms with van der Waals surface area (Å²) in [6, 6.07) is 6.97. The van der Waals surface area contributed by atoms with Crippen LogP contribution in [-0.4, -0.2) is 49.4 Å². The van der Waals surface area contributed by atoms with E-state index in [4.69, 9.17) is 0 Å². The number of anilines is 1. The number of piperidine rings is 1. The molecule has 0 unspecified atom stereocenters. The summed E-state index contributed by atoms with van der Waals surface area (Å²) in [7, 11) is -3.21. The fourth-order valence-electron chi connectivity index (χ4n) is 3.01. The molecule has 1 heterocycles. The van der Waals surface area contributed by atoms with E-state index in [1.807, 2.05) is 13.8 Å². The fourth-order valence-corrected chi connectivity index (χ4v) is 4.14. The molecular weight excluding hydrogens is 366 g/mol. The molecule has 0 aromatic heterocycles. The van der Waals surface area contributed by atoms with Crippen LogP contribution >= 0.6 is 0 Å². The largest absolute Gasteiger partial charge is 0.350 e. The zero-order valence-corrected chi connectivity index (χ0v) is 17.0. The molecule has 0 spiro atoms. The van der Waals surface area contributed by atoms with Crippen LogP contribution in [0.3, 0.4) is 0 Å². The van der Waals surface area contributed by atoms with E-state index < -0.39 is 10.0 Å². The van der Waals surface area contributed by atoms with Crippen molar-refractivity contribution in [1.29, 1.82) is 0 Å². The fraction of sp³-hybridized carbons (Fsp3) is 0.579. The number of benzene rings is 1. The number of para-hydroxylation sites is 1. The van der Waals surface area contributed by atoms with E-state index in [9.17, 15) is 18.0 Å². The Bertz CT molecular complexity index is 771. The summed E-state index contributed by atoms with van der Waals surface area (Å²) >= 11 is 0. The minimum atomic E-state index is -3.21. The number of nitrogens with zero attached hydrogens (tertiary/aromatic N) is 1. The van der Waals surface area contributed by atoms with Crippen molar-refractivity contribution >= 4 is 27.5 Å². The molecule has 2 N–H and O–H groups in total. The molecule has 0 saturated carbocycles. The molecule has 1 fully saturated rings. The van der Waals surface area contributed by atoms with Crippen LogP contribution in [0.15, 0.2) is 24.3 Å². The average Bonchev–Trinajstić information content (AvgIpc) is 2.68. The van der Waals surface area contributed by atoms with Crippen LogP contribution in [0.1, 0.15) is 50.4 Å². The Morgan fingerprint density at radius 1 is 1.19 bits per heavy atom. The van der Waals surface area contributed by atoms with E-state index in [0.717, 1.165) is 6.42 Å². The average molecular weight is 396 g/mol. The van der Waals surface area contributed by atoms with Crippen molar-refractivity contribution in [2.24, 2.45) is 5.92 Å². The van der Waals surface area contributed by atoms with Crippen molar-refractivity contribution in [1.82, 2.24) is 9.62 Å². The molecule has 0 aliphatic carbocycles. The highest BCUT2D eigenvalue weighted by molar-refractivity contribution is 7.89. The Labute approximate surface area is 161 Å². The standard InChI is InChI=1S/C19H29N3O4S/c1-4-14(3)20-19(24)16-8-6-7-9-17(16)21-18(23)15-10-12-22(13-11-15)27(25,26)5-2/h6-9,14-15H,4-5,10-13H2,1-3H3,(H,20,24)(H,21,23)/t14-/m1/s1. The summed E-state index contributed by atoms with van der Waals surface area (Å²) in [6.07, 6.45) is 1.78. The van der Waals surface area contributed by atoms with Gasteiger partial charge in [-0.3, -0.25) is 9.59 Å². The van der Waals surface area contributed by atoms with E-state index in [1.54, 1.807) is 31.2 Å². The number of amides is 2. The van der Waals surface area contributed by atoms with Crippen LogP contribution < -0.4 is 10.6 Å². The van der Waals surface area contributed by atoms with Crippen LogP contribution in [0, 0.1) is 5.92 Å². The first-order chi connectivity index (χ1) is 12.8. The number of carbonyl (C=O) groups excluding carboxylic acids is 2. The molecule has 7 nitrogen and oxygen atoms in total. The van der Waals surface area contributed by atoms with Gasteiger partial charge in [0, 0.05) is 25.0 Å². The Kier molecular flexibility index (Phi) is 7.38. The molecule has 2 amide bonds. The van der Waals surface area contributed by atoms with E-state index >= 15 is 0 Å². The molecule has 1 aromatic carbocycles. The zero-order chi connectivity index (χ0) is 20.0. The lowest BCUT2D eigenvalue weighted by Gasteiger charge is -2.30. The van der Waals surface area contributed by atoms with E-state index in [0.29, 0.717) is 37.2 Å². The number of carbonyl (C=O) groups is 2. The first-order valence-electron chi connectivity index (χ1n) is 9.47. The van der Waals surface area contributed by atoms with Gasteiger partial charge in [-0.05, 0) is 45.2 Å². The number of rotatable bonds is 7. The zero-order valence-electron chi connectivity index (χ0n) is 16.2. The molecule has 0 radical (unpaired) electrons. The number of nitrogens with one attached hydrogen (secondary N) is 2. The molecule has 1 aromatic rings. The van der Waals surface area contributed by atoms with E-state index in [2.05, 4.69) is 10.6 Å². The highest BCUT2D eigenvalue weighted by Gasteiger charge is 2.30. The molecular formula is C19H29N3O4S. The van der Waals surface area contributed by atoms with Gasteiger partial charge in [0.25, 0.3) is 5.91 Å². The van der Waals surface area contributed by atoms with Gasteiger partial charge < -0.3 is 10.6 Å². The molecule has 8 heteroatoms. The van der Waals surface area contributed by atoms with Gasteiger partial charge in [0.05, 0.1) is 17.0 Å². The highest BCUT2D eigenvalue weighted by atomic mass is 32.2. The van der Waals surface area contributed by atoms with Crippen LogP contribution in [0.2, 0.25) is 0 Å². The smallest absolute Gasteiger partial charge is 0.253 e. The lowest BCUT2D eigenvalue weighted by molar-refractivity contribution is -0.120. The van der Waals surface area contributed by atoms with Crippen molar-refractivity contribution in [2.45, 2.75) is 46.1 Å². The third-order valence-corrected chi connectivity index (χ3v) is 6.88. The molecule has 1 saturated heterocycles. The molecule has 150 valence electrons. The molecule has 1 atom stereocenters. The lowest BCUT2D eigenvalue weighted by atomic mass is 9.97. The van der Waals surface area contributed by atoms with Crippen LogP contribution in [0.4, 0.5) is 5.69 Å². The van der Waals surface area contributed by atoms with Gasteiger partial charge in [0.2, 0.25) is 15.9 Å². The molecule has 2 rings (SSSR count). The maximum absolute atomic E-state index is 12.6. The summed E-state index contributed by atoms with van der Waals surface area (Å²) in [6.45, 7) is 6.24. The number of hydrogen-bond acceptors (Lipinski definition) is 4. The first kappa shape index (κ1) is 21.4. The SMILES string of the molecule is CC[C@@H](C)NC(=O)c1ccccc1NC(=O)C1CCN(S(=O)(=O)CC)CC1. The Morgan fingerprint density at radius 2 is 1.81 bits per heavy atom. The second-order valence-corrected chi connectivity index (χ2v) is 9.15. The lowest BCUT2D eigenvalue weighted by Crippen LogP contribution is -2.42. The maximum atomic E-state index is 12.6. The summed E-state index contributed by atoms with van der Waals surface area (Å²) in [4.78, 5) is 25.1. The highest BCUT2D eigenvalue weighted by Crippen LogP contribution is 2.23. The van der Waals surface area contributed by atoms with Crippen molar-refractivity contribution in [2.75, 3.05) is 24.2 Å². The van der Waals surface area contributed by atoms with E-state index in [-0.39, 0.29) is 29.5 Å². The van der Waals surface area contributed by atoms with Gasteiger partial charge >= 0.3 is 0 Å². The Balaban J connectivity index is 2.02. The van der Waals surface area contributed by atoms with Crippen molar-refractivity contribution in [3.05, 3.63) is 29.8 Å². The third kappa shape index (κ3) is 5.52. The maximum Gasteiger partial charge on any atom is 0.253 e. The van der Waals surface area contributed by atoms with Crippen LogP contribution in [0.25, 0.3) is 0 Å². The van der Waals surface area contributed by atoms with E-state index in [1.165, 1.54) is 4.31 Å². The molecule has 1 aliphatic rings. The second kappa shape index (κ2) is 9.32. The second-order valence-electron chi connectivity index (χ2n) is 6.89. The topological polar surface area (TPSA) is 95.6 Å². The third-order valence-electron chi connectivity index (χ3n) is 5.00. The van der Waals surface area contributed by atoms with Gasteiger partial charge in [-0.25, -0.2) is 12.7 Å². The normalized spacial score (nSPS) is 17.3. The Morgan fingerprint density at radius 3 is 2.41 bits per heavy atom. The summed E-state index contributed by atoms with van der Waals surface area (Å²) in [5, 5.41) is 5.76. The molecule has 1 aliphatic heterocycles. The molecule has 0 bridgehead atoms. The minimum Gasteiger partial charge on any atom is -0.350 e. The summed E-state index contributed by atoms with van der Waals surface area (Å²) in [5.41, 5.74) is 0.907. The van der Waals surface area contributed by atoms with Crippen molar-refractivity contribution < 1.29 is 18.0 Å². The van der Waals surface area contributed by atoms with Gasteiger partial charge in [-0.1, -0.05) is 19.1 Å².